The van der Waals surface area contributed by atoms with Crippen LogP contribution in [0.1, 0.15) is 27.7 Å². The van der Waals surface area contributed by atoms with Gasteiger partial charge in [0.25, 0.3) is 0 Å². The van der Waals surface area contributed by atoms with Gasteiger partial charge in [0.15, 0.2) is 6.04 Å². The minimum Gasteiger partial charge on any atom is -0.480 e. The van der Waals surface area contributed by atoms with E-state index < -0.39 is 42.0 Å². The fraction of sp³-hybridized carbons (Fsp3) is 0.750. The van der Waals surface area contributed by atoms with Crippen molar-refractivity contribution >= 4 is 17.8 Å². The number of nitrogens with two attached hydrogens (primary N) is 1. The molecule has 0 spiro atoms. The quantitative estimate of drug-likeness (QED) is 0.383. The summed E-state index contributed by atoms with van der Waals surface area (Å²) in [5.74, 6) is -2.64. The number of amides is 2. The molecular weight excluding hydrogens is 266 g/mol. The predicted octanol–water partition coefficient (Wildman–Crippen LogP) is -1.58. The number of nitrogens with one attached hydrogen (secondary N) is 2. The zero-order valence-electron chi connectivity index (χ0n) is 12.1. The first-order valence-corrected chi connectivity index (χ1v) is 6.35. The Balaban J connectivity index is 4.56. The molecule has 0 aromatic carbocycles. The third-order valence-electron chi connectivity index (χ3n) is 2.82. The highest BCUT2D eigenvalue weighted by Gasteiger charge is 2.28. The highest BCUT2D eigenvalue weighted by Crippen LogP contribution is 1.99. The van der Waals surface area contributed by atoms with E-state index >= 15 is 0 Å². The first-order chi connectivity index (χ1) is 9.07. The van der Waals surface area contributed by atoms with Crippen molar-refractivity contribution in [2.75, 3.05) is 0 Å². The van der Waals surface area contributed by atoms with Crippen molar-refractivity contribution in [2.24, 2.45) is 11.7 Å². The summed E-state index contributed by atoms with van der Waals surface area (Å²) in [5.41, 5.74) is 5.63. The van der Waals surface area contributed by atoms with E-state index in [0.29, 0.717) is 0 Å². The summed E-state index contributed by atoms with van der Waals surface area (Å²) in [6.45, 7) is 6.18. The van der Waals surface area contributed by atoms with Crippen LogP contribution in [-0.4, -0.2) is 52.2 Å². The molecule has 20 heavy (non-hydrogen) atoms. The van der Waals surface area contributed by atoms with E-state index in [1.54, 1.807) is 13.8 Å². The molecule has 0 unspecified atom stereocenters. The number of aliphatic hydroxyl groups excluding tert-OH is 1. The molecule has 0 bridgehead atoms. The van der Waals surface area contributed by atoms with Crippen molar-refractivity contribution < 1.29 is 24.6 Å². The highest BCUT2D eigenvalue weighted by atomic mass is 16.4. The fourth-order valence-corrected chi connectivity index (χ4v) is 1.34. The molecule has 0 heterocycles. The van der Waals surface area contributed by atoms with E-state index in [1.807, 2.05) is 0 Å². The third kappa shape index (κ3) is 5.54. The Hall–Kier alpha value is -1.67. The molecule has 0 aromatic heterocycles. The number of aliphatic hydroxyl groups is 1. The monoisotopic (exact) mass is 289 g/mol. The van der Waals surface area contributed by atoms with Crippen molar-refractivity contribution in [1.29, 1.82) is 0 Å². The van der Waals surface area contributed by atoms with E-state index in [-0.39, 0.29) is 5.92 Å². The van der Waals surface area contributed by atoms with Crippen molar-refractivity contribution in [3.63, 3.8) is 0 Å². The molecule has 0 saturated carbocycles. The van der Waals surface area contributed by atoms with E-state index in [9.17, 15) is 19.5 Å². The lowest BCUT2D eigenvalue weighted by Gasteiger charge is -2.22. The van der Waals surface area contributed by atoms with Gasteiger partial charge in [0.2, 0.25) is 11.8 Å². The molecule has 0 aliphatic rings. The molecule has 0 aliphatic carbocycles. The van der Waals surface area contributed by atoms with Crippen LogP contribution in [0.4, 0.5) is 0 Å². The summed E-state index contributed by atoms with van der Waals surface area (Å²) < 4.78 is 0. The van der Waals surface area contributed by atoms with Crippen LogP contribution >= 0.6 is 0 Å². The lowest BCUT2D eigenvalue weighted by Crippen LogP contribution is -2.56. The summed E-state index contributed by atoms with van der Waals surface area (Å²) in [4.78, 5) is 34.3. The minimum absolute atomic E-state index is 0.0884. The number of rotatable bonds is 7. The van der Waals surface area contributed by atoms with Crippen molar-refractivity contribution in [3.8, 4) is 0 Å². The molecule has 0 rings (SSSR count). The molecule has 0 aliphatic heterocycles. The van der Waals surface area contributed by atoms with Crippen LogP contribution in [0.15, 0.2) is 0 Å². The number of carboxylic acid groups (broad SMARTS) is 1. The minimum atomic E-state index is -1.43. The van der Waals surface area contributed by atoms with Crippen LogP contribution in [0.25, 0.3) is 0 Å². The van der Waals surface area contributed by atoms with Crippen molar-refractivity contribution in [2.45, 2.75) is 51.9 Å². The molecule has 0 radical (unpaired) electrons. The summed E-state index contributed by atoms with van der Waals surface area (Å²) in [7, 11) is 0. The van der Waals surface area contributed by atoms with Gasteiger partial charge in [-0.2, -0.15) is 0 Å². The van der Waals surface area contributed by atoms with Gasteiger partial charge in [-0.15, -0.1) is 0 Å². The summed E-state index contributed by atoms with van der Waals surface area (Å²) in [6.07, 6.45) is -1.25. The average Bonchev–Trinajstić information content (AvgIpc) is 2.33. The lowest BCUT2D eigenvalue weighted by molar-refractivity contribution is -0.145. The predicted molar refractivity (Wildman–Crippen MR) is 71.7 cm³/mol. The molecule has 8 nitrogen and oxygen atoms in total. The molecule has 2 amide bonds. The first-order valence-electron chi connectivity index (χ1n) is 6.35. The number of hydrogen-bond donors (Lipinski definition) is 5. The van der Waals surface area contributed by atoms with Crippen molar-refractivity contribution in [3.05, 3.63) is 0 Å². The number of carbonyl (C=O) groups is 3. The topological polar surface area (TPSA) is 142 Å². The lowest BCUT2D eigenvalue weighted by atomic mass is 10.0. The Morgan fingerprint density at radius 2 is 1.50 bits per heavy atom. The van der Waals surface area contributed by atoms with Gasteiger partial charge < -0.3 is 26.6 Å². The molecule has 116 valence electrons. The molecule has 0 aromatic rings. The fourth-order valence-electron chi connectivity index (χ4n) is 1.34. The maximum atomic E-state index is 11.7. The zero-order valence-corrected chi connectivity index (χ0v) is 12.1. The van der Waals surface area contributed by atoms with Crippen LogP contribution in [-0.2, 0) is 14.4 Å². The van der Waals surface area contributed by atoms with Gasteiger partial charge in [-0.05, 0) is 19.8 Å². The van der Waals surface area contributed by atoms with Gasteiger partial charge in [0.1, 0.15) is 6.04 Å². The van der Waals surface area contributed by atoms with Gasteiger partial charge in [0, 0.05) is 0 Å². The zero-order chi connectivity index (χ0) is 16.0. The maximum Gasteiger partial charge on any atom is 0.328 e. The Morgan fingerprint density at radius 3 is 1.85 bits per heavy atom. The molecule has 4 atom stereocenters. The number of carboxylic acids is 1. The first kappa shape index (κ1) is 18.3. The smallest absolute Gasteiger partial charge is 0.328 e. The van der Waals surface area contributed by atoms with E-state index in [2.05, 4.69) is 10.6 Å². The van der Waals surface area contributed by atoms with Crippen LogP contribution < -0.4 is 16.4 Å². The second-order valence-corrected chi connectivity index (χ2v) is 5.07. The van der Waals surface area contributed by atoms with Gasteiger partial charge in [-0.3, -0.25) is 9.59 Å². The standard InChI is InChI=1S/C12H23N3O5/c1-5(2)8(13)11(18)14-6(3)10(17)15-9(7(4)16)12(19)20/h5-9,16H,13H2,1-4H3,(H,14,18)(H,15,17)(H,19,20)/t6-,7+,8-,9-/m0/s1. The Kier molecular flexibility index (Phi) is 7.16. The normalized spacial score (nSPS) is 16.9. The Bertz CT molecular complexity index is 370. The highest BCUT2D eigenvalue weighted by molar-refractivity contribution is 5.91. The van der Waals surface area contributed by atoms with E-state index in [0.717, 1.165) is 0 Å². The van der Waals surface area contributed by atoms with Crippen LogP contribution in [0.3, 0.4) is 0 Å². The largest absolute Gasteiger partial charge is 0.480 e. The van der Waals surface area contributed by atoms with Crippen LogP contribution in [0.2, 0.25) is 0 Å². The van der Waals surface area contributed by atoms with Crippen LogP contribution in [0, 0.1) is 5.92 Å². The number of aliphatic carboxylic acids is 1. The molecule has 8 heteroatoms. The summed E-state index contributed by atoms with van der Waals surface area (Å²) in [6, 6.07) is -3.13. The number of carbonyl (C=O) groups excluding carboxylic acids is 2. The molecule has 6 N–H and O–H groups in total. The molecule has 0 fully saturated rings. The van der Waals surface area contributed by atoms with Gasteiger partial charge in [0.05, 0.1) is 12.1 Å². The van der Waals surface area contributed by atoms with E-state index in [1.165, 1.54) is 13.8 Å². The Labute approximate surface area is 117 Å². The summed E-state index contributed by atoms with van der Waals surface area (Å²) >= 11 is 0. The van der Waals surface area contributed by atoms with Crippen molar-refractivity contribution in [1.82, 2.24) is 10.6 Å². The van der Waals surface area contributed by atoms with Crippen LogP contribution in [0.5, 0.6) is 0 Å². The average molecular weight is 289 g/mol. The second-order valence-electron chi connectivity index (χ2n) is 5.07. The summed E-state index contributed by atoms with van der Waals surface area (Å²) in [5, 5.41) is 22.6. The molecular formula is C12H23N3O5. The van der Waals surface area contributed by atoms with E-state index in [4.69, 9.17) is 10.8 Å². The SMILES string of the molecule is CC(C)[C@H](N)C(=O)N[C@@H](C)C(=O)N[C@H](C(=O)O)[C@@H](C)O. The number of hydrogen-bond acceptors (Lipinski definition) is 5. The maximum absolute atomic E-state index is 11.7. The van der Waals surface area contributed by atoms with Gasteiger partial charge in [-0.25, -0.2) is 4.79 Å². The third-order valence-corrected chi connectivity index (χ3v) is 2.82. The molecule has 0 saturated heterocycles. The second kappa shape index (κ2) is 7.81. The van der Waals surface area contributed by atoms with Gasteiger partial charge >= 0.3 is 5.97 Å². The van der Waals surface area contributed by atoms with Gasteiger partial charge in [-0.1, -0.05) is 13.8 Å². The Morgan fingerprint density at radius 1 is 1.00 bits per heavy atom.